The summed E-state index contributed by atoms with van der Waals surface area (Å²) in [5, 5.41) is 50.1. The lowest BCUT2D eigenvalue weighted by molar-refractivity contribution is -0.170. The Bertz CT molecular complexity index is 1570. The van der Waals surface area contributed by atoms with Crippen LogP contribution in [0.2, 0.25) is 0 Å². The molecule has 410 valence electrons. The zero-order valence-corrected chi connectivity index (χ0v) is 42.5. The van der Waals surface area contributed by atoms with Crippen LogP contribution in [0, 0.1) is 27.1 Å². The number of carboxylic acids is 4. The third-order valence-corrected chi connectivity index (χ3v) is 15.2. The van der Waals surface area contributed by atoms with Crippen LogP contribution in [0.5, 0.6) is 0 Å². The van der Waals surface area contributed by atoms with E-state index < -0.39 is 35.2 Å². The number of hydroxylamine groups is 1. The number of amides is 2. The molecule has 21 nitrogen and oxygen atoms in total. The van der Waals surface area contributed by atoms with Crippen molar-refractivity contribution in [2.75, 3.05) is 6.54 Å². The van der Waals surface area contributed by atoms with Gasteiger partial charge in [-0.2, -0.15) is 0 Å². The Hall–Kier alpha value is -4.57. The molecule has 21 heteroatoms. The van der Waals surface area contributed by atoms with E-state index in [1.165, 1.54) is 19.3 Å². The minimum absolute atomic E-state index is 0. The van der Waals surface area contributed by atoms with Crippen LogP contribution in [0.15, 0.2) is 0 Å². The lowest BCUT2D eigenvalue weighted by Crippen LogP contribution is -2.37. The average Bonchev–Trinajstić information content (AvgIpc) is 3.27. The molecule has 0 aromatic carbocycles. The molecule has 5 saturated carbocycles. The Morgan fingerprint density at radius 1 is 0.479 bits per heavy atom. The largest absolute Gasteiger partial charge is 0.481 e. The standard InChI is InChI=1S/C11H18O3.C10H17NO4.C10H17NO3.C10H14O3.C9H17NO2.H3NO.H3N/c1-9(12)7-11(8-10(13)14)5-3-2-4-6-11;12-8(11-15)6-10(7-9(13)14)4-2-1-3-5-10;11-8(12)6-10(7-9(13)14)4-2-1-3-5-10;11-8-6-10(7-9(12)13-8)4-2-1-3-5-10;10-7-9(6-8(11)12)4-2-1-3-5-9;1-2;/h2-8H2,1H3,(H,13,14);15H,1-7H2,(H,11,12)(H,13,14);1-7H2,(H2,11,12)(H,13,14);1-7H2;1-7,10H2,(H,11,12);2H,1H2;1H3. The van der Waals surface area contributed by atoms with Crippen molar-refractivity contribution >= 4 is 53.4 Å². The highest BCUT2D eigenvalue weighted by Crippen LogP contribution is 2.46. The number of carbonyl (C=O) groups excluding carboxylic acids is 5. The van der Waals surface area contributed by atoms with Gasteiger partial charge in [0.05, 0.1) is 38.5 Å². The van der Waals surface area contributed by atoms with E-state index in [9.17, 15) is 43.2 Å². The molecule has 1 aliphatic heterocycles. The first-order chi connectivity index (χ1) is 33.0. The number of ether oxygens (including phenoxy) is 1. The monoisotopic (exact) mass is 1020 g/mol. The Morgan fingerprint density at radius 2 is 0.761 bits per heavy atom. The van der Waals surface area contributed by atoms with Crippen molar-refractivity contribution in [3.05, 3.63) is 0 Å². The molecule has 1 spiro atoms. The van der Waals surface area contributed by atoms with E-state index in [4.69, 9.17) is 42.3 Å². The van der Waals surface area contributed by atoms with Crippen molar-refractivity contribution in [3.63, 3.8) is 0 Å². The molecule has 0 aromatic heterocycles. The molecular formula is C50H89N5O16. The smallest absolute Gasteiger partial charge is 0.314 e. The molecule has 1 heterocycles. The van der Waals surface area contributed by atoms with Crippen LogP contribution < -0.4 is 29.0 Å². The number of hydrogen-bond donors (Lipinski definition) is 11. The maximum atomic E-state index is 11.1. The molecule has 16 N–H and O–H groups in total. The Kier molecular flexibility index (Phi) is 31.8. The molecule has 0 atom stereocenters. The number of cyclic esters (lactones) is 2. The maximum absolute atomic E-state index is 11.1. The van der Waals surface area contributed by atoms with Gasteiger partial charge in [0.1, 0.15) is 5.78 Å². The van der Waals surface area contributed by atoms with Gasteiger partial charge in [0.2, 0.25) is 11.8 Å². The molecule has 0 bridgehead atoms. The third kappa shape index (κ3) is 26.6. The van der Waals surface area contributed by atoms with Gasteiger partial charge in [0.25, 0.3) is 0 Å². The molecule has 5 aliphatic carbocycles. The number of primary amides is 1. The molecule has 0 radical (unpaired) electrons. The van der Waals surface area contributed by atoms with Crippen molar-refractivity contribution in [2.45, 2.75) is 225 Å². The van der Waals surface area contributed by atoms with Crippen molar-refractivity contribution < 1.29 is 78.7 Å². The first kappa shape index (κ1) is 66.4. The summed E-state index contributed by atoms with van der Waals surface area (Å²) in [6.07, 6.45) is 27.8. The van der Waals surface area contributed by atoms with Crippen LogP contribution in [-0.2, 0) is 47.9 Å². The number of carbonyl (C=O) groups is 9. The van der Waals surface area contributed by atoms with Gasteiger partial charge in [-0.3, -0.25) is 43.6 Å². The number of carboxylic acid groups (broad SMARTS) is 4. The van der Waals surface area contributed by atoms with Crippen LogP contribution in [0.1, 0.15) is 225 Å². The van der Waals surface area contributed by atoms with Crippen molar-refractivity contribution in [1.82, 2.24) is 11.6 Å². The number of Topliss-reactive ketones (excluding diaryl/α,β-unsaturated/α-hetero) is 1. The van der Waals surface area contributed by atoms with Gasteiger partial charge in [-0.15, -0.1) is 0 Å². The summed E-state index contributed by atoms with van der Waals surface area (Å²) in [5.41, 5.74) is 11.2. The van der Waals surface area contributed by atoms with E-state index in [-0.39, 0.29) is 90.0 Å². The average molecular weight is 1020 g/mol. The first-order valence-electron chi connectivity index (χ1n) is 25.3. The summed E-state index contributed by atoms with van der Waals surface area (Å²) < 4.78 is 4.54. The van der Waals surface area contributed by atoms with Crippen molar-refractivity contribution in [1.29, 1.82) is 0 Å². The van der Waals surface area contributed by atoms with Gasteiger partial charge < -0.3 is 52.8 Å². The number of ketones is 1. The summed E-state index contributed by atoms with van der Waals surface area (Å²) in [7, 11) is 0. The fourth-order valence-corrected chi connectivity index (χ4v) is 12.0. The number of hydrogen-bond acceptors (Lipinski definition) is 15. The van der Waals surface area contributed by atoms with Crippen LogP contribution in [0.25, 0.3) is 0 Å². The molecule has 0 unspecified atom stereocenters. The molecule has 6 rings (SSSR count). The second-order valence-electron chi connectivity index (χ2n) is 21.2. The molecule has 6 aliphatic rings. The summed E-state index contributed by atoms with van der Waals surface area (Å²) in [6.45, 7) is 2.08. The van der Waals surface area contributed by atoms with Crippen LogP contribution in [0.3, 0.4) is 0 Å². The molecule has 2 amide bonds. The number of aliphatic carboxylic acids is 4. The zero-order valence-electron chi connectivity index (χ0n) is 42.5. The third-order valence-electron chi connectivity index (χ3n) is 15.2. The van der Waals surface area contributed by atoms with Gasteiger partial charge in [0, 0.05) is 19.3 Å². The summed E-state index contributed by atoms with van der Waals surface area (Å²) >= 11 is 0. The number of nitrogens with two attached hydrogens (primary N) is 3. The first-order valence-corrected chi connectivity index (χ1v) is 25.3. The summed E-state index contributed by atoms with van der Waals surface area (Å²) in [5.74, 6) is -1.07. The number of nitrogens with one attached hydrogen (secondary N) is 1. The van der Waals surface area contributed by atoms with E-state index in [2.05, 4.69) is 10.6 Å². The summed E-state index contributed by atoms with van der Waals surface area (Å²) in [4.78, 5) is 98.1. The van der Waals surface area contributed by atoms with Crippen LogP contribution in [0.4, 0.5) is 0 Å². The summed E-state index contributed by atoms with van der Waals surface area (Å²) in [6, 6.07) is 0. The predicted octanol–water partition coefficient (Wildman–Crippen LogP) is 7.65. The Morgan fingerprint density at radius 3 is 1.04 bits per heavy atom. The fraction of sp³-hybridized carbons (Fsp3) is 0.820. The predicted molar refractivity (Wildman–Crippen MR) is 261 cm³/mol. The van der Waals surface area contributed by atoms with E-state index in [0.29, 0.717) is 25.8 Å². The quantitative estimate of drug-likeness (QED) is 0.0324. The van der Waals surface area contributed by atoms with E-state index in [1.54, 1.807) is 12.4 Å². The highest BCUT2D eigenvalue weighted by molar-refractivity contribution is 5.89. The minimum Gasteiger partial charge on any atom is -0.481 e. The highest BCUT2D eigenvalue weighted by Gasteiger charge is 2.42. The van der Waals surface area contributed by atoms with Gasteiger partial charge >= 0.3 is 35.8 Å². The molecule has 6 fully saturated rings. The highest BCUT2D eigenvalue weighted by atomic mass is 16.6. The zero-order chi connectivity index (χ0) is 52.9. The lowest BCUT2D eigenvalue weighted by atomic mass is 9.69. The van der Waals surface area contributed by atoms with E-state index >= 15 is 0 Å². The van der Waals surface area contributed by atoms with E-state index in [0.717, 1.165) is 141 Å². The van der Waals surface area contributed by atoms with Crippen LogP contribution in [-0.4, -0.2) is 90.8 Å². The fourth-order valence-electron chi connectivity index (χ4n) is 12.0. The van der Waals surface area contributed by atoms with Crippen molar-refractivity contribution in [2.24, 2.45) is 44.4 Å². The Labute approximate surface area is 419 Å². The second-order valence-corrected chi connectivity index (χ2v) is 21.2. The number of esters is 2. The molecule has 1 saturated heterocycles. The Balaban J connectivity index is 0.000000853. The van der Waals surface area contributed by atoms with E-state index in [1.807, 2.05) is 0 Å². The normalized spacial score (nSPS) is 21.0. The number of rotatable bonds is 15. The van der Waals surface area contributed by atoms with Crippen molar-refractivity contribution in [3.8, 4) is 0 Å². The van der Waals surface area contributed by atoms with Gasteiger partial charge in [0.15, 0.2) is 0 Å². The molecular weight excluding hydrogens is 927 g/mol. The minimum atomic E-state index is -0.873. The molecule has 0 aromatic rings. The maximum Gasteiger partial charge on any atom is 0.314 e. The van der Waals surface area contributed by atoms with Gasteiger partial charge in [-0.05, 0) is 105 Å². The van der Waals surface area contributed by atoms with Crippen LogP contribution >= 0.6 is 0 Å². The topological polar surface area (TPSA) is 409 Å². The van der Waals surface area contributed by atoms with Gasteiger partial charge in [-0.25, -0.2) is 11.4 Å². The van der Waals surface area contributed by atoms with Gasteiger partial charge in [-0.1, -0.05) is 96.3 Å². The second kappa shape index (κ2) is 34.0. The SMILES string of the molecule is CC(=O)CC1(CC(=O)O)CCCCC1.N.NC(=O)CC1(CC(=O)O)CCCCC1.NCC1(CC(=O)O)CCCCC1.NO.O=C(O)CC1(CC(=O)NO)CCCCC1.O=C1CC2(CCCCC2)CC(=O)O1. The molecule has 71 heavy (non-hydrogen) atoms. The lowest BCUT2D eigenvalue weighted by Gasteiger charge is -2.37.